The van der Waals surface area contributed by atoms with Crippen molar-refractivity contribution in [2.45, 2.75) is 96.3 Å². The highest BCUT2D eigenvalue weighted by atomic mass is 16.2. The van der Waals surface area contributed by atoms with E-state index in [2.05, 4.69) is 31.0 Å². The molecule has 3 aliphatic rings. The van der Waals surface area contributed by atoms with Gasteiger partial charge in [-0.15, -0.1) is 0 Å². The van der Waals surface area contributed by atoms with Gasteiger partial charge in [-0.1, -0.05) is 46.0 Å². The van der Waals surface area contributed by atoms with Crippen LogP contribution in [0, 0.1) is 11.8 Å². The molecule has 3 rings (SSSR count). The Morgan fingerprint density at radius 1 is 1.19 bits per heavy atom. The molecule has 3 fully saturated rings. The quantitative estimate of drug-likeness (QED) is 0.857. The lowest BCUT2D eigenvalue weighted by molar-refractivity contribution is -0.136. The van der Waals surface area contributed by atoms with Crippen LogP contribution in [0.2, 0.25) is 0 Å². The lowest BCUT2D eigenvalue weighted by atomic mass is 9.94. The van der Waals surface area contributed by atoms with Gasteiger partial charge >= 0.3 is 0 Å². The molecule has 0 radical (unpaired) electrons. The third-order valence-corrected chi connectivity index (χ3v) is 6.58. The van der Waals surface area contributed by atoms with Crippen LogP contribution in [0.4, 0.5) is 0 Å². The van der Waals surface area contributed by atoms with Crippen LogP contribution in [-0.2, 0) is 4.79 Å². The van der Waals surface area contributed by atoms with E-state index < -0.39 is 0 Å². The number of nitrogens with zero attached hydrogens (tertiary/aromatic N) is 1. The van der Waals surface area contributed by atoms with Gasteiger partial charge in [-0.25, -0.2) is 0 Å². The maximum atomic E-state index is 13.2. The zero-order valence-electron chi connectivity index (χ0n) is 14.0. The third-order valence-electron chi connectivity index (χ3n) is 6.58. The summed E-state index contributed by atoms with van der Waals surface area (Å²) in [6, 6.07) is 0.362. The SMILES string of the molecule is CCC(C)C(C)N1C(=O)C2(CCCC2)NC1C1CCCC1. The van der Waals surface area contributed by atoms with E-state index in [1.807, 2.05) is 0 Å². The van der Waals surface area contributed by atoms with E-state index in [0.29, 0.717) is 30.0 Å². The summed E-state index contributed by atoms with van der Waals surface area (Å²) in [5.41, 5.74) is -0.199. The van der Waals surface area contributed by atoms with Gasteiger partial charge in [0, 0.05) is 6.04 Å². The average Bonchev–Trinajstić information content (AvgIpc) is 3.21. The molecule has 3 heteroatoms. The van der Waals surface area contributed by atoms with Crippen LogP contribution in [0.5, 0.6) is 0 Å². The molecule has 3 nitrogen and oxygen atoms in total. The van der Waals surface area contributed by atoms with E-state index in [1.165, 1.54) is 38.5 Å². The molecule has 0 bridgehead atoms. The summed E-state index contributed by atoms with van der Waals surface area (Å²) >= 11 is 0. The number of amides is 1. The maximum absolute atomic E-state index is 13.2. The number of carbonyl (C=O) groups excluding carboxylic acids is 1. The molecule has 3 atom stereocenters. The molecule has 1 N–H and O–H groups in total. The van der Waals surface area contributed by atoms with Crippen molar-refractivity contribution in [3.8, 4) is 0 Å². The van der Waals surface area contributed by atoms with Crippen LogP contribution in [0.25, 0.3) is 0 Å². The van der Waals surface area contributed by atoms with E-state index in [4.69, 9.17) is 0 Å². The van der Waals surface area contributed by atoms with E-state index in [1.54, 1.807) is 0 Å². The Hall–Kier alpha value is -0.570. The molecular weight excluding hydrogens is 260 g/mol. The highest BCUT2D eigenvalue weighted by Crippen LogP contribution is 2.42. The van der Waals surface area contributed by atoms with Gasteiger partial charge in [0.1, 0.15) is 0 Å². The standard InChI is InChI=1S/C18H32N2O/c1-4-13(2)14(3)20-16(15-9-5-6-10-15)19-18(17(20)21)11-7-8-12-18/h13-16,19H,4-12H2,1-3H3. The van der Waals surface area contributed by atoms with Gasteiger partial charge < -0.3 is 4.90 Å². The first-order valence-electron chi connectivity index (χ1n) is 9.19. The lowest BCUT2D eigenvalue weighted by Gasteiger charge is -2.36. The van der Waals surface area contributed by atoms with Gasteiger partial charge in [0.2, 0.25) is 5.91 Å². The van der Waals surface area contributed by atoms with Crippen molar-refractivity contribution in [2.75, 3.05) is 0 Å². The van der Waals surface area contributed by atoms with Crippen LogP contribution < -0.4 is 5.32 Å². The molecule has 3 unspecified atom stereocenters. The Morgan fingerprint density at radius 3 is 2.38 bits per heavy atom. The highest BCUT2D eigenvalue weighted by Gasteiger charge is 2.55. The molecule has 1 aliphatic heterocycles. The van der Waals surface area contributed by atoms with Gasteiger partial charge in [-0.05, 0) is 44.4 Å². The highest BCUT2D eigenvalue weighted by molar-refractivity contribution is 5.89. The largest absolute Gasteiger partial charge is 0.322 e. The summed E-state index contributed by atoms with van der Waals surface area (Å²) in [6.45, 7) is 6.80. The zero-order valence-corrected chi connectivity index (χ0v) is 14.0. The van der Waals surface area contributed by atoms with Crippen LogP contribution in [0.1, 0.15) is 78.6 Å². The van der Waals surface area contributed by atoms with Crippen molar-refractivity contribution in [3.63, 3.8) is 0 Å². The Bertz CT molecular complexity index is 383. The molecule has 0 aromatic heterocycles. The summed E-state index contributed by atoms with van der Waals surface area (Å²) in [4.78, 5) is 15.5. The summed E-state index contributed by atoms with van der Waals surface area (Å²) in [5, 5.41) is 3.84. The molecule has 2 saturated carbocycles. The number of carbonyl (C=O) groups is 1. The van der Waals surface area contributed by atoms with Gasteiger partial charge in [0.05, 0.1) is 11.7 Å². The second kappa shape index (κ2) is 5.91. The van der Waals surface area contributed by atoms with Crippen molar-refractivity contribution in [3.05, 3.63) is 0 Å². The first-order valence-corrected chi connectivity index (χ1v) is 9.19. The van der Waals surface area contributed by atoms with Crippen molar-refractivity contribution >= 4 is 5.91 Å². The maximum Gasteiger partial charge on any atom is 0.244 e. The topological polar surface area (TPSA) is 32.3 Å². The van der Waals surface area contributed by atoms with Crippen molar-refractivity contribution in [1.29, 1.82) is 0 Å². The minimum absolute atomic E-state index is 0.199. The fourth-order valence-corrected chi connectivity index (χ4v) is 4.80. The summed E-state index contributed by atoms with van der Waals surface area (Å²) in [7, 11) is 0. The van der Waals surface area contributed by atoms with Gasteiger partial charge in [0.25, 0.3) is 0 Å². The molecule has 21 heavy (non-hydrogen) atoms. The number of rotatable bonds is 4. The second-order valence-corrected chi connectivity index (χ2v) is 7.76. The van der Waals surface area contributed by atoms with E-state index >= 15 is 0 Å². The monoisotopic (exact) mass is 292 g/mol. The molecule has 0 aromatic rings. The fraction of sp³-hybridized carbons (Fsp3) is 0.944. The molecular formula is C18H32N2O. The van der Waals surface area contributed by atoms with E-state index in [-0.39, 0.29) is 5.54 Å². The van der Waals surface area contributed by atoms with Gasteiger partial charge in [0.15, 0.2) is 0 Å². The molecule has 1 amide bonds. The average molecular weight is 292 g/mol. The third kappa shape index (κ3) is 2.52. The first kappa shape index (κ1) is 15.3. The summed E-state index contributed by atoms with van der Waals surface area (Å²) in [5.74, 6) is 1.68. The summed E-state index contributed by atoms with van der Waals surface area (Å²) in [6.07, 6.45) is 11.3. The van der Waals surface area contributed by atoms with Gasteiger partial charge in [-0.2, -0.15) is 0 Å². The Morgan fingerprint density at radius 2 is 1.81 bits per heavy atom. The Balaban J connectivity index is 1.86. The molecule has 120 valence electrons. The minimum atomic E-state index is -0.199. The summed E-state index contributed by atoms with van der Waals surface area (Å²) < 4.78 is 0. The fourth-order valence-electron chi connectivity index (χ4n) is 4.80. The predicted molar refractivity (Wildman–Crippen MR) is 85.8 cm³/mol. The molecule has 0 aromatic carbocycles. The smallest absolute Gasteiger partial charge is 0.244 e. The number of hydrogen-bond acceptors (Lipinski definition) is 2. The molecule has 1 heterocycles. The van der Waals surface area contributed by atoms with E-state index in [0.717, 1.165) is 19.3 Å². The van der Waals surface area contributed by atoms with Gasteiger partial charge in [-0.3, -0.25) is 10.1 Å². The second-order valence-electron chi connectivity index (χ2n) is 7.76. The van der Waals surface area contributed by atoms with E-state index in [9.17, 15) is 4.79 Å². The predicted octanol–water partition coefficient (Wildman–Crippen LogP) is 3.68. The van der Waals surface area contributed by atoms with Crippen LogP contribution in [0.15, 0.2) is 0 Å². The molecule has 1 saturated heterocycles. The molecule has 2 aliphatic carbocycles. The van der Waals surface area contributed by atoms with Crippen LogP contribution in [0.3, 0.4) is 0 Å². The van der Waals surface area contributed by atoms with Crippen LogP contribution >= 0.6 is 0 Å². The number of nitrogens with one attached hydrogen (secondary N) is 1. The van der Waals surface area contributed by atoms with Crippen molar-refractivity contribution < 1.29 is 4.79 Å². The van der Waals surface area contributed by atoms with Crippen molar-refractivity contribution in [1.82, 2.24) is 10.2 Å². The van der Waals surface area contributed by atoms with Crippen LogP contribution in [-0.4, -0.2) is 28.6 Å². The number of hydrogen-bond donors (Lipinski definition) is 1. The lowest BCUT2D eigenvalue weighted by Crippen LogP contribution is -2.49. The normalized spacial score (nSPS) is 32.2. The first-order chi connectivity index (χ1) is 10.1. The Labute approximate surface area is 129 Å². The van der Waals surface area contributed by atoms with Crippen molar-refractivity contribution in [2.24, 2.45) is 11.8 Å². The molecule has 1 spiro atoms. The Kier molecular flexibility index (Phi) is 4.31. The minimum Gasteiger partial charge on any atom is -0.322 e. The zero-order chi connectivity index (χ0) is 15.0.